The third-order valence-electron chi connectivity index (χ3n) is 2.60. The number of rotatable bonds is 4. The first-order valence-electron chi connectivity index (χ1n) is 5.48. The van der Waals surface area contributed by atoms with E-state index in [9.17, 15) is 4.79 Å². The predicted molar refractivity (Wildman–Crippen MR) is 72.4 cm³/mol. The Morgan fingerprint density at radius 2 is 2.06 bits per heavy atom. The zero-order chi connectivity index (χ0) is 13.0. The van der Waals surface area contributed by atoms with Crippen LogP contribution < -0.4 is 10.3 Å². The summed E-state index contributed by atoms with van der Waals surface area (Å²) in [4.78, 5) is 18.7. The molecule has 0 fully saturated rings. The molecule has 0 amide bonds. The minimum atomic E-state index is -0.0785. The standard InChI is InChI=1S/C13H14N2O2S/c1-17-11-5-3-9(4-6-11)7-10-8-14-13(18-2)15-12(10)16/h3-6,8H,7H2,1-2H3,(H,14,15,16). The van der Waals surface area contributed by atoms with Crippen molar-refractivity contribution in [3.8, 4) is 5.75 Å². The SMILES string of the molecule is COc1ccc(Cc2cnc(SC)[nH]c2=O)cc1. The smallest absolute Gasteiger partial charge is 0.255 e. The molecule has 0 aliphatic rings. The third-order valence-corrected chi connectivity index (χ3v) is 3.19. The van der Waals surface area contributed by atoms with Gasteiger partial charge in [0, 0.05) is 18.2 Å². The second-order valence-corrected chi connectivity index (χ2v) is 4.57. The van der Waals surface area contributed by atoms with Gasteiger partial charge in [-0.1, -0.05) is 23.9 Å². The summed E-state index contributed by atoms with van der Waals surface area (Å²) >= 11 is 1.42. The lowest BCUT2D eigenvalue weighted by atomic mass is 10.1. The minimum absolute atomic E-state index is 0.0785. The normalized spacial score (nSPS) is 10.3. The number of aromatic nitrogens is 2. The lowest BCUT2D eigenvalue weighted by molar-refractivity contribution is 0.414. The van der Waals surface area contributed by atoms with E-state index in [-0.39, 0.29) is 5.56 Å². The van der Waals surface area contributed by atoms with Crippen molar-refractivity contribution in [2.45, 2.75) is 11.6 Å². The topological polar surface area (TPSA) is 55.0 Å². The Morgan fingerprint density at radius 3 is 2.61 bits per heavy atom. The number of methoxy groups -OCH3 is 1. The van der Waals surface area contributed by atoms with Crippen LogP contribution in [-0.4, -0.2) is 23.3 Å². The van der Waals surface area contributed by atoms with Gasteiger partial charge < -0.3 is 9.72 Å². The monoisotopic (exact) mass is 262 g/mol. The average Bonchev–Trinajstić information content (AvgIpc) is 2.42. The van der Waals surface area contributed by atoms with Crippen molar-refractivity contribution in [1.29, 1.82) is 0 Å². The fraction of sp³-hybridized carbons (Fsp3) is 0.231. The number of aromatic amines is 1. The Hall–Kier alpha value is -1.75. The molecule has 1 N–H and O–H groups in total. The summed E-state index contributed by atoms with van der Waals surface area (Å²) in [6, 6.07) is 7.65. The van der Waals surface area contributed by atoms with Crippen LogP contribution in [0.2, 0.25) is 0 Å². The largest absolute Gasteiger partial charge is 0.497 e. The van der Waals surface area contributed by atoms with E-state index >= 15 is 0 Å². The van der Waals surface area contributed by atoms with Gasteiger partial charge in [0.2, 0.25) is 0 Å². The van der Waals surface area contributed by atoms with E-state index in [2.05, 4.69) is 9.97 Å². The summed E-state index contributed by atoms with van der Waals surface area (Å²) in [5.41, 5.74) is 1.64. The van der Waals surface area contributed by atoms with Crippen LogP contribution in [0.3, 0.4) is 0 Å². The molecule has 0 radical (unpaired) electrons. The molecule has 1 aromatic carbocycles. The van der Waals surface area contributed by atoms with Crippen molar-refractivity contribution in [1.82, 2.24) is 9.97 Å². The molecule has 0 saturated heterocycles. The molecular formula is C13H14N2O2S. The van der Waals surface area contributed by atoms with Gasteiger partial charge >= 0.3 is 0 Å². The van der Waals surface area contributed by atoms with Gasteiger partial charge in [0.1, 0.15) is 5.75 Å². The van der Waals surface area contributed by atoms with Crippen LogP contribution in [0.4, 0.5) is 0 Å². The van der Waals surface area contributed by atoms with Crippen molar-refractivity contribution >= 4 is 11.8 Å². The molecular weight excluding hydrogens is 248 g/mol. The van der Waals surface area contributed by atoms with Crippen molar-refractivity contribution in [3.63, 3.8) is 0 Å². The third kappa shape index (κ3) is 2.92. The van der Waals surface area contributed by atoms with Gasteiger partial charge in [0.05, 0.1) is 7.11 Å². The first kappa shape index (κ1) is 12.7. The second kappa shape index (κ2) is 5.73. The highest BCUT2D eigenvalue weighted by molar-refractivity contribution is 7.98. The molecule has 0 aliphatic carbocycles. The summed E-state index contributed by atoms with van der Waals surface area (Å²) in [5.74, 6) is 0.809. The van der Waals surface area contributed by atoms with Crippen molar-refractivity contribution in [2.24, 2.45) is 0 Å². The molecule has 94 valence electrons. The average molecular weight is 262 g/mol. The highest BCUT2D eigenvalue weighted by Crippen LogP contribution is 2.13. The van der Waals surface area contributed by atoms with Gasteiger partial charge in [-0.15, -0.1) is 0 Å². The molecule has 0 bridgehead atoms. The first-order valence-corrected chi connectivity index (χ1v) is 6.70. The molecule has 0 atom stereocenters. The molecule has 1 heterocycles. The zero-order valence-electron chi connectivity index (χ0n) is 10.3. The molecule has 0 saturated carbocycles. The van der Waals surface area contributed by atoms with Gasteiger partial charge in [-0.2, -0.15) is 0 Å². The van der Waals surface area contributed by atoms with Gasteiger partial charge in [-0.3, -0.25) is 4.79 Å². The highest BCUT2D eigenvalue weighted by atomic mass is 32.2. The Labute approximate surface area is 109 Å². The lowest BCUT2D eigenvalue weighted by Gasteiger charge is -2.03. The zero-order valence-corrected chi connectivity index (χ0v) is 11.1. The Morgan fingerprint density at radius 1 is 1.33 bits per heavy atom. The molecule has 5 heteroatoms. The fourth-order valence-electron chi connectivity index (χ4n) is 1.60. The van der Waals surface area contributed by atoms with Crippen LogP contribution in [0.1, 0.15) is 11.1 Å². The van der Waals surface area contributed by atoms with Gasteiger partial charge in [0.15, 0.2) is 5.16 Å². The van der Waals surface area contributed by atoms with E-state index in [1.54, 1.807) is 13.3 Å². The Kier molecular flexibility index (Phi) is 4.04. The number of nitrogens with one attached hydrogen (secondary N) is 1. The molecule has 0 unspecified atom stereocenters. The number of ether oxygens (including phenoxy) is 1. The number of benzene rings is 1. The summed E-state index contributed by atoms with van der Waals surface area (Å²) < 4.78 is 5.09. The molecule has 2 rings (SSSR count). The maximum absolute atomic E-state index is 11.8. The lowest BCUT2D eigenvalue weighted by Crippen LogP contribution is -2.14. The quantitative estimate of drug-likeness (QED) is 0.677. The summed E-state index contributed by atoms with van der Waals surface area (Å²) in [7, 11) is 1.63. The molecule has 0 aliphatic heterocycles. The minimum Gasteiger partial charge on any atom is -0.497 e. The van der Waals surface area contributed by atoms with E-state index < -0.39 is 0 Å². The van der Waals surface area contributed by atoms with Gasteiger partial charge in [-0.05, 0) is 24.0 Å². The fourth-order valence-corrected chi connectivity index (χ4v) is 1.95. The van der Waals surface area contributed by atoms with Gasteiger partial charge in [-0.25, -0.2) is 4.98 Å². The summed E-state index contributed by atoms with van der Waals surface area (Å²) in [6.45, 7) is 0. The molecule has 2 aromatic rings. The summed E-state index contributed by atoms with van der Waals surface area (Å²) in [5, 5.41) is 0.637. The van der Waals surface area contributed by atoms with E-state index in [1.807, 2.05) is 30.5 Å². The van der Waals surface area contributed by atoms with Crippen LogP contribution in [0, 0.1) is 0 Å². The first-order chi connectivity index (χ1) is 8.72. The van der Waals surface area contributed by atoms with Crippen LogP contribution in [0.25, 0.3) is 0 Å². The Balaban J connectivity index is 2.20. The van der Waals surface area contributed by atoms with E-state index in [1.165, 1.54) is 11.8 Å². The van der Waals surface area contributed by atoms with E-state index in [0.717, 1.165) is 11.3 Å². The van der Waals surface area contributed by atoms with Crippen LogP contribution in [0.15, 0.2) is 40.4 Å². The second-order valence-electron chi connectivity index (χ2n) is 3.77. The number of H-pyrrole nitrogens is 1. The molecule has 0 spiro atoms. The summed E-state index contributed by atoms with van der Waals surface area (Å²) in [6.07, 6.45) is 4.08. The van der Waals surface area contributed by atoms with Crippen LogP contribution in [-0.2, 0) is 6.42 Å². The van der Waals surface area contributed by atoms with Crippen molar-refractivity contribution in [3.05, 3.63) is 51.9 Å². The van der Waals surface area contributed by atoms with Crippen LogP contribution in [0.5, 0.6) is 5.75 Å². The van der Waals surface area contributed by atoms with Crippen molar-refractivity contribution in [2.75, 3.05) is 13.4 Å². The van der Waals surface area contributed by atoms with Gasteiger partial charge in [0.25, 0.3) is 5.56 Å². The maximum Gasteiger partial charge on any atom is 0.255 e. The maximum atomic E-state index is 11.8. The van der Waals surface area contributed by atoms with Crippen LogP contribution >= 0.6 is 11.8 Å². The molecule has 18 heavy (non-hydrogen) atoms. The molecule has 4 nitrogen and oxygen atoms in total. The number of hydrogen-bond donors (Lipinski definition) is 1. The number of hydrogen-bond acceptors (Lipinski definition) is 4. The number of thioether (sulfide) groups is 1. The van der Waals surface area contributed by atoms with Crippen molar-refractivity contribution < 1.29 is 4.74 Å². The molecule has 1 aromatic heterocycles. The highest BCUT2D eigenvalue weighted by Gasteiger charge is 2.03. The predicted octanol–water partition coefficient (Wildman–Crippen LogP) is 2.09. The Bertz CT molecular complexity index is 578. The number of nitrogens with zero attached hydrogens (tertiary/aromatic N) is 1. The van der Waals surface area contributed by atoms with E-state index in [0.29, 0.717) is 17.1 Å². The van der Waals surface area contributed by atoms with E-state index in [4.69, 9.17) is 4.74 Å².